The van der Waals surface area contributed by atoms with Gasteiger partial charge in [0.15, 0.2) is 0 Å². The van der Waals surface area contributed by atoms with Crippen LogP contribution in [0.2, 0.25) is 0 Å². The number of rotatable bonds is 3. The molecule has 0 bridgehead atoms. The Balaban J connectivity index is 0.000000847. The van der Waals surface area contributed by atoms with Gasteiger partial charge in [-0.15, -0.1) is 0 Å². The van der Waals surface area contributed by atoms with Crippen LogP contribution >= 0.6 is 0 Å². The average Bonchev–Trinajstić information content (AvgIpc) is 3.20. The molecule has 3 rings (SSSR count). The van der Waals surface area contributed by atoms with Gasteiger partial charge in [-0.2, -0.15) is 10.1 Å². The molecule has 1 aliphatic heterocycles. The van der Waals surface area contributed by atoms with Crippen LogP contribution in [0.3, 0.4) is 0 Å². The minimum Gasteiger partial charge on any atom is -0.368 e. The van der Waals surface area contributed by atoms with Crippen molar-refractivity contribution in [3.05, 3.63) is 18.0 Å². The van der Waals surface area contributed by atoms with E-state index in [1.807, 2.05) is 0 Å². The van der Waals surface area contributed by atoms with Gasteiger partial charge < -0.3 is 16.4 Å². The van der Waals surface area contributed by atoms with Crippen molar-refractivity contribution in [2.45, 2.75) is 19.3 Å². The molecule has 2 aromatic heterocycles. The van der Waals surface area contributed by atoms with E-state index in [4.69, 9.17) is 5.73 Å². The van der Waals surface area contributed by atoms with Gasteiger partial charge in [0, 0.05) is 24.7 Å². The molecule has 2 aromatic rings. The highest BCUT2D eigenvalue weighted by atomic mass is 19.3. The summed E-state index contributed by atoms with van der Waals surface area (Å²) >= 11 is 0. The van der Waals surface area contributed by atoms with Crippen LogP contribution in [0.15, 0.2) is 12.3 Å². The van der Waals surface area contributed by atoms with E-state index in [0.29, 0.717) is 11.5 Å². The number of aromatic amines is 1. The molecule has 1 saturated heterocycles. The van der Waals surface area contributed by atoms with Gasteiger partial charge in [0.1, 0.15) is 11.5 Å². The van der Waals surface area contributed by atoms with E-state index in [-0.39, 0.29) is 17.2 Å². The third-order valence-electron chi connectivity index (χ3n) is 3.32. The zero-order valence-electron chi connectivity index (χ0n) is 12.3. The van der Waals surface area contributed by atoms with Gasteiger partial charge in [0.05, 0.1) is 11.9 Å². The standard InChI is InChI=1S/C12H14F2N6.CH5N/c13-11(14)10-7(6-16-19-10)8-5-9(18-12(15)17-8)20-3-1-2-4-20;1-2/h5-6,11H,1-4H2,(H,16,19)(H2,15,17,18);2H2,1H3. The van der Waals surface area contributed by atoms with E-state index in [1.165, 1.54) is 13.2 Å². The third kappa shape index (κ3) is 3.30. The monoisotopic (exact) mass is 311 g/mol. The predicted molar refractivity (Wildman–Crippen MR) is 80.5 cm³/mol. The fraction of sp³-hybridized carbons (Fsp3) is 0.462. The van der Waals surface area contributed by atoms with Crippen LogP contribution in [0.5, 0.6) is 0 Å². The maximum Gasteiger partial charge on any atom is 0.280 e. The van der Waals surface area contributed by atoms with Crippen LogP contribution in [0, 0.1) is 0 Å². The number of hydrogen-bond acceptors (Lipinski definition) is 6. The summed E-state index contributed by atoms with van der Waals surface area (Å²) in [6.07, 6.45) is 0.872. The molecule has 9 heteroatoms. The first-order valence-corrected chi connectivity index (χ1v) is 6.94. The molecule has 22 heavy (non-hydrogen) atoms. The van der Waals surface area contributed by atoms with E-state index < -0.39 is 6.43 Å². The van der Waals surface area contributed by atoms with Crippen molar-refractivity contribution < 1.29 is 8.78 Å². The van der Waals surface area contributed by atoms with Crippen molar-refractivity contribution in [1.29, 1.82) is 0 Å². The van der Waals surface area contributed by atoms with Gasteiger partial charge in [0.25, 0.3) is 6.43 Å². The second-order valence-electron chi connectivity index (χ2n) is 4.66. The van der Waals surface area contributed by atoms with Gasteiger partial charge >= 0.3 is 0 Å². The van der Waals surface area contributed by atoms with Crippen molar-refractivity contribution in [2.75, 3.05) is 30.8 Å². The van der Waals surface area contributed by atoms with Crippen molar-refractivity contribution in [3.8, 4) is 11.3 Å². The second-order valence-corrected chi connectivity index (χ2v) is 4.66. The zero-order valence-corrected chi connectivity index (χ0v) is 12.3. The molecule has 3 heterocycles. The summed E-state index contributed by atoms with van der Waals surface area (Å²) < 4.78 is 25.8. The van der Waals surface area contributed by atoms with E-state index in [1.54, 1.807) is 6.07 Å². The lowest BCUT2D eigenvalue weighted by Crippen LogP contribution is -2.19. The van der Waals surface area contributed by atoms with E-state index in [9.17, 15) is 8.78 Å². The number of nitrogens with one attached hydrogen (secondary N) is 1. The minimum absolute atomic E-state index is 0.0748. The maximum absolute atomic E-state index is 12.9. The molecule has 0 amide bonds. The van der Waals surface area contributed by atoms with Crippen LogP contribution in [-0.4, -0.2) is 40.3 Å². The van der Waals surface area contributed by atoms with E-state index in [2.05, 4.69) is 30.8 Å². The second kappa shape index (κ2) is 7.12. The smallest absolute Gasteiger partial charge is 0.280 e. The fourth-order valence-electron chi connectivity index (χ4n) is 2.37. The molecule has 0 atom stereocenters. The molecule has 0 radical (unpaired) electrons. The van der Waals surface area contributed by atoms with Crippen molar-refractivity contribution in [2.24, 2.45) is 5.73 Å². The largest absolute Gasteiger partial charge is 0.368 e. The Labute approximate surface area is 126 Å². The van der Waals surface area contributed by atoms with Crippen molar-refractivity contribution in [3.63, 3.8) is 0 Å². The first kappa shape index (κ1) is 16.1. The Kier molecular flexibility index (Phi) is 5.21. The topological polar surface area (TPSA) is 110 Å². The van der Waals surface area contributed by atoms with E-state index in [0.717, 1.165) is 25.9 Å². The lowest BCUT2D eigenvalue weighted by Gasteiger charge is -2.17. The molecule has 120 valence electrons. The Morgan fingerprint density at radius 3 is 2.55 bits per heavy atom. The molecule has 1 aliphatic rings. The van der Waals surface area contributed by atoms with Gasteiger partial charge in [-0.25, -0.2) is 13.8 Å². The lowest BCUT2D eigenvalue weighted by atomic mass is 10.1. The quantitative estimate of drug-likeness (QED) is 0.793. The summed E-state index contributed by atoms with van der Waals surface area (Å²) in [5, 5.41) is 5.95. The first-order valence-electron chi connectivity index (χ1n) is 6.94. The summed E-state index contributed by atoms with van der Waals surface area (Å²) in [5.41, 5.74) is 10.6. The van der Waals surface area contributed by atoms with Crippen molar-refractivity contribution in [1.82, 2.24) is 20.2 Å². The number of halogens is 2. The number of nitrogens with two attached hydrogens (primary N) is 2. The normalized spacial score (nSPS) is 14.1. The Morgan fingerprint density at radius 2 is 1.91 bits per heavy atom. The number of nitrogen functional groups attached to an aromatic ring is 1. The molecule has 0 aromatic carbocycles. The molecule has 1 fully saturated rings. The zero-order chi connectivity index (χ0) is 16.1. The van der Waals surface area contributed by atoms with Gasteiger partial charge in [-0.05, 0) is 19.9 Å². The average molecular weight is 311 g/mol. The first-order chi connectivity index (χ1) is 10.6. The van der Waals surface area contributed by atoms with Gasteiger partial charge in [-0.1, -0.05) is 0 Å². The maximum atomic E-state index is 12.9. The summed E-state index contributed by atoms with van der Waals surface area (Å²) in [6.45, 7) is 1.78. The molecular formula is C13H19F2N7. The lowest BCUT2D eigenvalue weighted by molar-refractivity contribution is 0.146. The number of anilines is 2. The van der Waals surface area contributed by atoms with Crippen LogP contribution in [0.1, 0.15) is 25.0 Å². The highest BCUT2D eigenvalue weighted by Crippen LogP contribution is 2.30. The van der Waals surface area contributed by atoms with Crippen molar-refractivity contribution >= 4 is 11.8 Å². The summed E-state index contributed by atoms with van der Waals surface area (Å²) in [4.78, 5) is 10.3. The van der Waals surface area contributed by atoms with Crippen LogP contribution in [-0.2, 0) is 0 Å². The van der Waals surface area contributed by atoms with Crippen LogP contribution < -0.4 is 16.4 Å². The highest BCUT2D eigenvalue weighted by molar-refractivity contribution is 5.66. The molecule has 7 nitrogen and oxygen atoms in total. The van der Waals surface area contributed by atoms with Gasteiger partial charge in [0.2, 0.25) is 5.95 Å². The molecule has 0 unspecified atom stereocenters. The number of alkyl halides is 2. The number of nitrogens with zero attached hydrogens (tertiary/aromatic N) is 4. The fourth-order valence-corrected chi connectivity index (χ4v) is 2.37. The molecular weight excluding hydrogens is 292 g/mol. The summed E-state index contributed by atoms with van der Waals surface area (Å²) in [5.74, 6) is 0.747. The third-order valence-corrected chi connectivity index (χ3v) is 3.32. The Bertz CT molecular complexity index is 608. The molecule has 0 spiro atoms. The highest BCUT2D eigenvalue weighted by Gasteiger charge is 2.20. The number of hydrogen-bond donors (Lipinski definition) is 3. The van der Waals surface area contributed by atoms with Crippen LogP contribution in [0.4, 0.5) is 20.5 Å². The Hall–Kier alpha value is -2.29. The molecule has 0 aliphatic carbocycles. The SMILES string of the molecule is CN.Nc1nc(-c2cn[nH]c2C(F)F)cc(N2CCCC2)n1. The van der Waals surface area contributed by atoms with E-state index >= 15 is 0 Å². The summed E-state index contributed by atoms with van der Waals surface area (Å²) in [7, 11) is 1.50. The van der Waals surface area contributed by atoms with Gasteiger partial charge in [-0.3, -0.25) is 5.10 Å². The minimum atomic E-state index is -2.64. The molecule has 0 saturated carbocycles. The predicted octanol–water partition coefficient (Wildman–Crippen LogP) is 1.56. The number of H-pyrrole nitrogens is 1. The van der Waals surface area contributed by atoms with Crippen LogP contribution in [0.25, 0.3) is 11.3 Å². The Morgan fingerprint density at radius 1 is 1.23 bits per heavy atom. The number of aromatic nitrogens is 4. The summed E-state index contributed by atoms with van der Waals surface area (Å²) in [6, 6.07) is 1.68. The molecule has 5 N–H and O–H groups in total.